The van der Waals surface area contributed by atoms with Gasteiger partial charge in [0.15, 0.2) is 0 Å². The molecule has 2 unspecified atom stereocenters. The lowest BCUT2D eigenvalue weighted by Crippen LogP contribution is -2.64. The fourth-order valence-corrected chi connectivity index (χ4v) is 3.51. The first-order chi connectivity index (χ1) is 11.0. The van der Waals surface area contributed by atoms with Crippen molar-refractivity contribution >= 4 is 11.9 Å². The van der Waals surface area contributed by atoms with Crippen molar-refractivity contribution in [1.29, 1.82) is 0 Å². The number of nitrogens with one attached hydrogen (secondary N) is 1. The van der Waals surface area contributed by atoms with E-state index in [4.69, 9.17) is 9.84 Å². The first-order valence-electron chi connectivity index (χ1n) is 8.10. The second kappa shape index (κ2) is 7.08. The largest absolute Gasteiger partial charge is 0.477 e. The summed E-state index contributed by atoms with van der Waals surface area (Å²) in [5.74, 6) is -1.41. The van der Waals surface area contributed by atoms with Crippen LogP contribution in [0.1, 0.15) is 60.9 Å². The molecular formula is C17H24N2O4. The Balaban J connectivity index is 2.11. The molecule has 1 aromatic heterocycles. The van der Waals surface area contributed by atoms with E-state index >= 15 is 0 Å². The molecule has 2 N–H and O–H groups in total. The smallest absolute Gasteiger partial charge is 0.354 e. The standard InChI is InChI=1S/C17H24N2O4/c1-4-17(5-2)13(10-14(17)23-6-3)19-15(20)11-7-8-18-12(9-11)16(21)22/h7-9,13-14H,4-6,10H2,1-3H3,(H,19,20)(H,21,22). The summed E-state index contributed by atoms with van der Waals surface area (Å²) in [7, 11) is 0. The molecule has 0 saturated heterocycles. The molecule has 1 heterocycles. The number of aromatic carboxylic acids is 1. The van der Waals surface area contributed by atoms with Crippen LogP contribution in [0.3, 0.4) is 0 Å². The number of hydrogen-bond donors (Lipinski definition) is 2. The average Bonchev–Trinajstić information content (AvgIpc) is 2.55. The normalized spacial score (nSPS) is 22.2. The van der Waals surface area contributed by atoms with Gasteiger partial charge in [-0.3, -0.25) is 4.79 Å². The molecule has 2 atom stereocenters. The minimum Gasteiger partial charge on any atom is -0.477 e. The summed E-state index contributed by atoms with van der Waals surface area (Å²) in [6, 6.07) is 2.87. The molecule has 1 aliphatic carbocycles. The van der Waals surface area contributed by atoms with Gasteiger partial charge in [-0.15, -0.1) is 0 Å². The van der Waals surface area contributed by atoms with Crippen molar-refractivity contribution in [3.8, 4) is 0 Å². The molecule has 0 spiro atoms. The van der Waals surface area contributed by atoms with Gasteiger partial charge in [-0.2, -0.15) is 0 Å². The maximum atomic E-state index is 12.4. The monoisotopic (exact) mass is 320 g/mol. The average molecular weight is 320 g/mol. The summed E-state index contributed by atoms with van der Waals surface area (Å²) in [6.07, 6.45) is 4.15. The first-order valence-corrected chi connectivity index (χ1v) is 8.10. The summed E-state index contributed by atoms with van der Waals surface area (Å²) in [5, 5.41) is 12.0. The highest BCUT2D eigenvalue weighted by atomic mass is 16.5. The number of carbonyl (C=O) groups is 2. The van der Waals surface area contributed by atoms with Crippen molar-refractivity contribution < 1.29 is 19.4 Å². The van der Waals surface area contributed by atoms with E-state index in [-0.39, 0.29) is 29.2 Å². The van der Waals surface area contributed by atoms with Crippen molar-refractivity contribution in [3.63, 3.8) is 0 Å². The first kappa shape index (κ1) is 17.4. The van der Waals surface area contributed by atoms with Crippen molar-refractivity contribution in [2.45, 2.75) is 52.2 Å². The predicted molar refractivity (Wildman–Crippen MR) is 85.5 cm³/mol. The lowest BCUT2D eigenvalue weighted by Gasteiger charge is -2.55. The van der Waals surface area contributed by atoms with Crippen molar-refractivity contribution in [3.05, 3.63) is 29.6 Å². The molecule has 0 radical (unpaired) electrons. The van der Waals surface area contributed by atoms with Gasteiger partial charge in [-0.25, -0.2) is 9.78 Å². The molecule has 2 rings (SSSR count). The van der Waals surface area contributed by atoms with Crippen molar-refractivity contribution in [2.75, 3.05) is 6.61 Å². The molecule has 0 aromatic carbocycles. The molecule has 0 bridgehead atoms. The number of aromatic nitrogens is 1. The number of pyridine rings is 1. The van der Waals surface area contributed by atoms with Gasteiger partial charge < -0.3 is 15.2 Å². The summed E-state index contributed by atoms with van der Waals surface area (Å²) >= 11 is 0. The fourth-order valence-electron chi connectivity index (χ4n) is 3.51. The van der Waals surface area contributed by atoms with Gasteiger partial charge in [-0.1, -0.05) is 13.8 Å². The van der Waals surface area contributed by atoms with E-state index < -0.39 is 5.97 Å². The molecule has 6 nitrogen and oxygen atoms in total. The van der Waals surface area contributed by atoms with Gasteiger partial charge in [0.2, 0.25) is 0 Å². The number of carbonyl (C=O) groups excluding carboxylic acids is 1. The maximum Gasteiger partial charge on any atom is 0.354 e. The zero-order valence-corrected chi connectivity index (χ0v) is 13.8. The fraction of sp³-hybridized carbons (Fsp3) is 0.588. The maximum absolute atomic E-state index is 12.4. The zero-order chi connectivity index (χ0) is 17.0. The number of carboxylic acid groups (broad SMARTS) is 1. The third-order valence-electron chi connectivity index (χ3n) is 5.02. The molecule has 0 aliphatic heterocycles. The van der Waals surface area contributed by atoms with E-state index in [1.54, 1.807) is 0 Å². The quantitative estimate of drug-likeness (QED) is 0.806. The van der Waals surface area contributed by atoms with E-state index in [0.717, 1.165) is 19.3 Å². The molecule has 1 aromatic rings. The van der Waals surface area contributed by atoms with Crippen LogP contribution in [0.2, 0.25) is 0 Å². The van der Waals surface area contributed by atoms with Gasteiger partial charge >= 0.3 is 5.97 Å². The van der Waals surface area contributed by atoms with Gasteiger partial charge in [0.25, 0.3) is 5.91 Å². The van der Waals surface area contributed by atoms with Crippen LogP contribution in [-0.2, 0) is 4.74 Å². The van der Waals surface area contributed by atoms with Gasteiger partial charge in [0.05, 0.1) is 6.10 Å². The van der Waals surface area contributed by atoms with Crippen LogP contribution in [0.15, 0.2) is 18.3 Å². The Labute approximate surface area is 136 Å². The number of rotatable bonds is 7. The van der Waals surface area contributed by atoms with Gasteiger partial charge in [0, 0.05) is 29.8 Å². The third-order valence-corrected chi connectivity index (χ3v) is 5.02. The second-order valence-corrected chi connectivity index (χ2v) is 5.88. The molecule has 1 amide bonds. The van der Waals surface area contributed by atoms with E-state index in [0.29, 0.717) is 12.2 Å². The lowest BCUT2D eigenvalue weighted by atomic mass is 9.58. The molecule has 1 fully saturated rings. The Bertz CT molecular complexity index is 584. The number of carboxylic acids is 1. The van der Waals surface area contributed by atoms with Crippen LogP contribution in [-0.4, -0.2) is 40.7 Å². The van der Waals surface area contributed by atoms with Crippen molar-refractivity contribution in [1.82, 2.24) is 10.3 Å². The topological polar surface area (TPSA) is 88.5 Å². The molecular weight excluding hydrogens is 296 g/mol. The summed E-state index contributed by atoms with van der Waals surface area (Å²) in [6.45, 7) is 6.87. The van der Waals surface area contributed by atoms with Crippen LogP contribution >= 0.6 is 0 Å². The number of amides is 1. The Morgan fingerprint density at radius 1 is 1.39 bits per heavy atom. The lowest BCUT2D eigenvalue weighted by molar-refractivity contribution is -0.134. The molecule has 126 valence electrons. The van der Waals surface area contributed by atoms with Crippen molar-refractivity contribution in [2.24, 2.45) is 5.41 Å². The van der Waals surface area contributed by atoms with Crippen LogP contribution in [0.4, 0.5) is 0 Å². The molecule has 1 saturated carbocycles. The number of nitrogens with zero attached hydrogens (tertiary/aromatic N) is 1. The minimum absolute atomic E-state index is 0.0444. The molecule has 23 heavy (non-hydrogen) atoms. The Morgan fingerprint density at radius 3 is 2.65 bits per heavy atom. The highest BCUT2D eigenvalue weighted by Crippen LogP contribution is 2.48. The van der Waals surface area contributed by atoms with E-state index in [2.05, 4.69) is 24.1 Å². The zero-order valence-electron chi connectivity index (χ0n) is 13.8. The highest BCUT2D eigenvalue weighted by Gasteiger charge is 2.53. The van der Waals surface area contributed by atoms with E-state index in [1.807, 2.05) is 6.92 Å². The van der Waals surface area contributed by atoms with Crippen LogP contribution < -0.4 is 5.32 Å². The third kappa shape index (κ3) is 3.22. The van der Waals surface area contributed by atoms with Gasteiger partial charge in [0.1, 0.15) is 5.69 Å². The number of ether oxygens (including phenoxy) is 1. The molecule has 1 aliphatic rings. The van der Waals surface area contributed by atoms with Crippen LogP contribution in [0, 0.1) is 5.41 Å². The Kier molecular flexibility index (Phi) is 5.36. The summed E-state index contributed by atoms with van der Waals surface area (Å²) < 4.78 is 5.80. The minimum atomic E-state index is -1.14. The summed E-state index contributed by atoms with van der Waals surface area (Å²) in [5.41, 5.74) is 0.142. The Morgan fingerprint density at radius 2 is 2.09 bits per heavy atom. The van der Waals surface area contributed by atoms with Gasteiger partial charge in [-0.05, 0) is 38.3 Å². The highest BCUT2D eigenvalue weighted by molar-refractivity contribution is 5.96. The predicted octanol–water partition coefficient (Wildman–Crippen LogP) is 2.49. The second-order valence-electron chi connectivity index (χ2n) is 5.88. The van der Waals surface area contributed by atoms with Crippen LogP contribution in [0.5, 0.6) is 0 Å². The number of hydrogen-bond acceptors (Lipinski definition) is 4. The Hall–Kier alpha value is -1.95. The SMILES string of the molecule is CCOC1CC(NC(=O)c2ccnc(C(=O)O)c2)C1(CC)CC. The van der Waals surface area contributed by atoms with E-state index in [1.165, 1.54) is 18.3 Å². The summed E-state index contributed by atoms with van der Waals surface area (Å²) in [4.78, 5) is 27.1. The van der Waals surface area contributed by atoms with Crippen LogP contribution in [0.25, 0.3) is 0 Å². The van der Waals surface area contributed by atoms with E-state index in [9.17, 15) is 9.59 Å². The molecule has 6 heteroatoms.